The molecule has 4 rings (SSSR count). The number of alkyl halides is 2. The Hall–Kier alpha value is -1.31. The number of rotatable bonds is 4. The third kappa shape index (κ3) is 3.55. The summed E-state index contributed by atoms with van der Waals surface area (Å²) in [6, 6.07) is 5.72. The van der Waals surface area contributed by atoms with E-state index in [1.807, 2.05) is 0 Å². The van der Waals surface area contributed by atoms with Crippen molar-refractivity contribution in [3.8, 4) is 0 Å². The molecule has 0 unspecified atom stereocenters. The Kier molecular flexibility index (Phi) is 5.59. The second-order valence-corrected chi connectivity index (χ2v) is 8.27. The zero-order valence-electron chi connectivity index (χ0n) is 15.5. The number of hydrogen-bond donors (Lipinski definition) is 1. The minimum Gasteiger partial charge on any atom is -0.388 e. The zero-order chi connectivity index (χ0) is 20.9. The lowest BCUT2D eigenvalue weighted by Crippen LogP contribution is -2.25. The highest BCUT2D eigenvalue weighted by atomic mass is 35.5. The minimum atomic E-state index is -3.15. The van der Waals surface area contributed by atoms with E-state index in [0.717, 1.165) is 0 Å². The molecule has 3 nitrogen and oxygen atoms in total. The largest absolute Gasteiger partial charge is 0.388 e. The first kappa shape index (κ1) is 20.9. The lowest BCUT2D eigenvalue weighted by Gasteiger charge is -2.31. The molecule has 29 heavy (non-hydrogen) atoms. The van der Waals surface area contributed by atoms with Crippen LogP contribution < -0.4 is 0 Å². The van der Waals surface area contributed by atoms with Crippen molar-refractivity contribution in [2.75, 3.05) is 13.9 Å². The van der Waals surface area contributed by atoms with E-state index in [1.165, 1.54) is 19.2 Å². The Morgan fingerprint density at radius 1 is 1.10 bits per heavy atom. The van der Waals surface area contributed by atoms with Gasteiger partial charge in [-0.05, 0) is 53.3 Å². The van der Waals surface area contributed by atoms with Gasteiger partial charge in [0.05, 0.1) is 6.10 Å². The Bertz CT molecular complexity index is 951. The molecule has 2 aromatic carbocycles. The van der Waals surface area contributed by atoms with Crippen LogP contribution in [0.3, 0.4) is 0 Å². The molecule has 3 atom stereocenters. The Morgan fingerprint density at radius 3 is 2.59 bits per heavy atom. The van der Waals surface area contributed by atoms with Crippen molar-refractivity contribution in [2.45, 2.75) is 43.3 Å². The van der Waals surface area contributed by atoms with Gasteiger partial charge in [-0.25, -0.2) is 13.2 Å². The molecule has 2 aliphatic rings. The van der Waals surface area contributed by atoms with Gasteiger partial charge in [0.2, 0.25) is 0 Å². The van der Waals surface area contributed by atoms with E-state index >= 15 is 0 Å². The monoisotopic (exact) mass is 446 g/mol. The first-order chi connectivity index (χ1) is 13.7. The molecule has 0 saturated heterocycles. The van der Waals surface area contributed by atoms with Crippen molar-refractivity contribution in [3.05, 3.63) is 67.9 Å². The molecule has 2 aliphatic carbocycles. The normalized spacial score (nSPS) is 25.0. The molecule has 0 aromatic heterocycles. The molecule has 0 fully saturated rings. The molecule has 0 saturated carbocycles. The number of methoxy groups -OCH3 is 1. The van der Waals surface area contributed by atoms with E-state index in [0.29, 0.717) is 35.1 Å². The highest BCUT2D eigenvalue weighted by molar-refractivity contribution is 6.32. The lowest BCUT2D eigenvalue weighted by atomic mass is 9.76. The summed E-state index contributed by atoms with van der Waals surface area (Å²) >= 11 is 12.6. The predicted molar refractivity (Wildman–Crippen MR) is 103 cm³/mol. The first-order valence-electron chi connectivity index (χ1n) is 9.21. The lowest BCUT2D eigenvalue weighted by molar-refractivity contribution is -0.169. The van der Waals surface area contributed by atoms with Gasteiger partial charge in [-0.3, -0.25) is 0 Å². The van der Waals surface area contributed by atoms with Gasteiger partial charge < -0.3 is 14.6 Å². The molecular formula is C21H19Cl2F3O3. The van der Waals surface area contributed by atoms with Crippen LogP contribution in [-0.2, 0) is 15.9 Å². The number of ether oxygens (including phenoxy) is 2. The van der Waals surface area contributed by atoms with E-state index in [9.17, 15) is 18.3 Å². The standard InChI is InChI=1S/C21H19Cl2F3O3/c1-28-9-29-20-19-14(8-21(20,25)26)11(2-4-15(19)22)12-3-5-17(27)13-6-10(24)7-16(23)18(12)13/h2,4,6-7,12,17,20,27H,3,5,8-9H2,1H3/t12-,17-,20+/m1/s1. The van der Waals surface area contributed by atoms with Gasteiger partial charge in [-0.2, -0.15) is 0 Å². The van der Waals surface area contributed by atoms with E-state index in [4.69, 9.17) is 32.7 Å². The summed E-state index contributed by atoms with van der Waals surface area (Å²) in [4.78, 5) is 0. The maximum absolute atomic E-state index is 14.8. The average Bonchev–Trinajstić information content (AvgIpc) is 2.92. The Balaban J connectivity index is 1.86. The molecule has 0 aliphatic heterocycles. The molecule has 1 N–H and O–H groups in total. The van der Waals surface area contributed by atoms with Gasteiger partial charge in [-0.15, -0.1) is 0 Å². The fourth-order valence-corrected chi connectivity index (χ4v) is 5.15. The molecule has 0 bridgehead atoms. The third-order valence-electron chi connectivity index (χ3n) is 5.69. The fraction of sp³-hybridized carbons (Fsp3) is 0.429. The van der Waals surface area contributed by atoms with E-state index < -0.39 is 30.4 Å². The van der Waals surface area contributed by atoms with Crippen LogP contribution in [0, 0.1) is 5.82 Å². The molecular weight excluding hydrogens is 428 g/mol. The summed E-state index contributed by atoms with van der Waals surface area (Å²) in [5.41, 5.74) is 2.27. The van der Waals surface area contributed by atoms with Gasteiger partial charge >= 0.3 is 0 Å². The second-order valence-electron chi connectivity index (χ2n) is 7.46. The highest BCUT2D eigenvalue weighted by Gasteiger charge is 2.51. The molecule has 0 heterocycles. The number of fused-ring (bicyclic) bond motifs is 2. The average molecular weight is 447 g/mol. The highest BCUT2D eigenvalue weighted by Crippen LogP contribution is 2.53. The number of halogens is 5. The van der Waals surface area contributed by atoms with Crippen molar-refractivity contribution in [1.82, 2.24) is 0 Å². The van der Waals surface area contributed by atoms with E-state index in [-0.39, 0.29) is 28.3 Å². The molecule has 156 valence electrons. The van der Waals surface area contributed by atoms with Gasteiger partial charge in [0, 0.05) is 35.1 Å². The first-order valence-corrected chi connectivity index (χ1v) is 9.96. The summed E-state index contributed by atoms with van der Waals surface area (Å²) in [6.45, 7) is -0.288. The van der Waals surface area contributed by atoms with Crippen LogP contribution in [0.4, 0.5) is 13.2 Å². The molecule has 0 amide bonds. The third-order valence-corrected chi connectivity index (χ3v) is 6.33. The van der Waals surface area contributed by atoms with Gasteiger partial charge in [0.25, 0.3) is 5.92 Å². The quantitative estimate of drug-likeness (QED) is 0.590. The molecule has 0 radical (unpaired) electrons. The summed E-state index contributed by atoms with van der Waals surface area (Å²) in [7, 11) is 1.36. The van der Waals surface area contributed by atoms with Crippen LogP contribution in [0.25, 0.3) is 0 Å². The van der Waals surface area contributed by atoms with Crippen molar-refractivity contribution in [2.24, 2.45) is 0 Å². The van der Waals surface area contributed by atoms with Crippen LogP contribution in [0.5, 0.6) is 0 Å². The molecule has 0 spiro atoms. The number of benzene rings is 2. The van der Waals surface area contributed by atoms with Gasteiger partial charge in [0.15, 0.2) is 6.10 Å². The minimum absolute atomic E-state index is 0.171. The van der Waals surface area contributed by atoms with Gasteiger partial charge in [0.1, 0.15) is 12.6 Å². The topological polar surface area (TPSA) is 38.7 Å². The van der Waals surface area contributed by atoms with Crippen molar-refractivity contribution in [1.29, 1.82) is 0 Å². The van der Waals surface area contributed by atoms with E-state index in [1.54, 1.807) is 12.1 Å². The van der Waals surface area contributed by atoms with Gasteiger partial charge in [-0.1, -0.05) is 29.3 Å². The summed E-state index contributed by atoms with van der Waals surface area (Å²) in [6.07, 6.45) is -2.03. The summed E-state index contributed by atoms with van der Waals surface area (Å²) in [5, 5.41) is 10.7. The summed E-state index contributed by atoms with van der Waals surface area (Å²) in [5.74, 6) is -4.05. The van der Waals surface area contributed by atoms with Crippen molar-refractivity contribution in [3.63, 3.8) is 0 Å². The SMILES string of the molecule is COCO[C@H]1c2c(Cl)ccc([C@H]3CC[C@@H](O)c4cc(F)cc(Cl)c43)c2CC1(F)F. The number of aliphatic hydroxyl groups is 1. The van der Waals surface area contributed by atoms with Crippen LogP contribution in [0.2, 0.25) is 10.0 Å². The smallest absolute Gasteiger partial charge is 0.282 e. The maximum atomic E-state index is 14.8. The van der Waals surface area contributed by atoms with Crippen LogP contribution in [0.15, 0.2) is 24.3 Å². The molecule has 2 aromatic rings. The van der Waals surface area contributed by atoms with Crippen LogP contribution in [-0.4, -0.2) is 24.9 Å². The van der Waals surface area contributed by atoms with Crippen molar-refractivity contribution >= 4 is 23.2 Å². The van der Waals surface area contributed by atoms with Crippen LogP contribution >= 0.6 is 23.2 Å². The Morgan fingerprint density at radius 2 is 1.86 bits per heavy atom. The maximum Gasteiger partial charge on any atom is 0.282 e. The number of hydrogen-bond acceptors (Lipinski definition) is 3. The van der Waals surface area contributed by atoms with Crippen LogP contribution in [0.1, 0.15) is 58.8 Å². The molecule has 8 heteroatoms. The summed E-state index contributed by atoms with van der Waals surface area (Å²) < 4.78 is 53.5. The number of aliphatic hydroxyl groups excluding tert-OH is 1. The second kappa shape index (κ2) is 7.75. The zero-order valence-corrected chi connectivity index (χ0v) is 17.0. The fourth-order valence-electron chi connectivity index (χ4n) is 4.52. The Labute approximate surface area is 176 Å². The predicted octanol–water partition coefficient (Wildman–Crippen LogP) is 5.94. The van der Waals surface area contributed by atoms with E-state index in [2.05, 4.69) is 0 Å². The van der Waals surface area contributed by atoms with Crippen molar-refractivity contribution < 1.29 is 27.8 Å².